The molecule has 0 unspecified atom stereocenters. The largest absolute Gasteiger partial charge is 0.495 e. The first kappa shape index (κ1) is 13.5. The molecule has 4 heteroatoms. The van der Waals surface area contributed by atoms with E-state index in [2.05, 4.69) is 10.2 Å². The number of ether oxygens (including phenoxy) is 1. The van der Waals surface area contributed by atoms with Gasteiger partial charge in [-0.3, -0.25) is 0 Å². The van der Waals surface area contributed by atoms with Crippen LogP contribution in [0, 0.1) is 0 Å². The van der Waals surface area contributed by atoms with Crippen LogP contribution in [0.4, 0.5) is 5.69 Å². The van der Waals surface area contributed by atoms with Crippen molar-refractivity contribution in [1.29, 1.82) is 0 Å². The zero-order chi connectivity index (χ0) is 12.8. The minimum absolute atomic E-state index is 0.653. The van der Waals surface area contributed by atoms with Gasteiger partial charge in [-0.1, -0.05) is 11.6 Å². The third-order valence-electron chi connectivity index (χ3n) is 3.33. The molecule has 1 N–H and O–H groups in total. The first-order chi connectivity index (χ1) is 8.79. The van der Waals surface area contributed by atoms with Gasteiger partial charge in [-0.2, -0.15) is 0 Å². The maximum absolute atomic E-state index is 5.98. The summed E-state index contributed by atoms with van der Waals surface area (Å²) in [5, 5.41) is 4.06. The van der Waals surface area contributed by atoms with Gasteiger partial charge in [0.05, 0.1) is 12.1 Å². The fourth-order valence-corrected chi connectivity index (χ4v) is 2.51. The topological polar surface area (TPSA) is 24.5 Å². The Hall–Kier alpha value is -0.930. The fourth-order valence-electron chi connectivity index (χ4n) is 2.31. The van der Waals surface area contributed by atoms with Crippen LogP contribution in [-0.2, 0) is 0 Å². The van der Waals surface area contributed by atoms with Crippen LogP contribution in [0.25, 0.3) is 0 Å². The van der Waals surface area contributed by atoms with Gasteiger partial charge >= 0.3 is 0 Å². The molecule has 3 nitrogen and oxygen atoms in total. The number of nitrogens with zero attached hydrogens (tertiary/aromatic N) is 1. The molecule has 1 aromatic carbocycles. The number of benzene rings is 1. The smallest absolute Gasteiger partial charge is 0.139 e. The second kappa shape index (κ2) is 6.86. The van der Waals surface area contributed by atoms with Gasteiger partial charge in [0.2, 0.25) is 0 Å². The minimum atomic E-state index is 0.653. The summed E-state index contributed by atoms with van der Waals surface area (Å²) >= 11 is 5.98. The first-order valence-corrected chi connectivity index (χ1v) is 6.97. The molecule has 0 atom stereocenters. The Balaban J connectivity index is 1.72. The van der Waals surface area contributed by atoms with Crippen LogP contribution < -0.4 is 10.1 Å². The highest BCUT2D eigenvalue weighted by Gasteiger charge is 2.10. The number of halogens is 1. The zero-order valence-corrected chi connectivity index (χ0v) is 11.7. The Morgan fingerprint density at radius 2 is 2.11 bits per heavy atom. The van der Waals surface area contributed by atoms with E-state index < -0.39 is 0 Å². The summed E-state index contributed by atoms with van der Waals surface area (Å²) in [7, 11) is 1.64. The molecule has 0 aromatic heterocycles. The summed E-state index contributed by atoms with van der Waals surface area (Å²) in [6.07, 6.45) is 3.90. The van der Waals surface area contributed by atoms with Crippen LogP contribution in [0.2, 0.25) is 5.02 Å². The fraction of sp³-hybridized carbons (Fsp3) is 0.571. The van der Waals surface area contributed by atoms with E-state index in [9.17, 15) is 0 Å². The number of anilines is 1. The van der Waals surface area contributed by atoms with Gasteiger partial charge in [-0.25, -0.2) is 0 Å². The van der Waals surface area contributed by atoms with Gasteiger partial charge in [0.25, 0.3) is 0 Å². The summed E-state index contributed by atoms with van der Waals surface area (Å²) in [5.74, 6) is 0.723. The van der Waals surface area contributed by atoms with Crippen molar-refractivity contribution in [3.05, 3.63) is 23.2 Å². The Morgan fingerprint density at radius 3 is 2.83 bits per heavy atom. The Kier molecular flexibility index (Phi) is 5.14. The third-order valence-corrected chi connectivity index (χ3v) is 3.64. The predicted octanol–water partition coefficient (Wildman–Crippen LogP) is 3.25. The highest BCUT2D eigenvalue weighted by molar-refractivity contribution is 6.32. The lowest BCUT2D eigenvalue weighted by Gasteiger charge is -2.15. The van der Waals surface area contributed by atoms with E-state index in [0.29, 0.717) is 5.02 Å². The molecule has 1 aliphatic rings. The van der Waals surface area contributed by atoms with Gasteiger partial charge in [-0.15, -0.1) is 0 Å². The molecule has 2 rings (SSSR count). The van der Waals surface area contributed by atoms with Crippen LogP contribution in [0.3, 0.4) is 0 Å². The molecule has 1 aromatic rings. The number of nitrogens with one attached hydrogen (secondary N) is 1. The summed E-state index contributed by atoms with van der Waals surface area (Å²) < 4.78 is 5.19. The van der Waals surface area contributed by atoms with Crippen molar-refractivity contribution in [3.8, 4) is 5.75 Å². The summed E-state index contributed by atoms with van der Waals surface area (Å²) in [5.41, 5.74) is 1.07. The second-order valence-corrected chi connectivity index (χ2v) is 5.09. The van der Waals surface area contributed by atoms with E-state index in [0.717, 1.165) is 18.0 Å². The number of methoxy groups -OCH3 is 1. The van der Waals surface area contributed by atoms with Crippen LogP contribution in [-0.4, -0.2) is 38.2 Å². The van der Waals surface area contributed by atoms with Crippen molar-refractivity contribution in [1.82, 2.24) is 4.90 Å². The van der Waals surface area contributed by atoms with Crippen LogP contribution in [0.5, 0.6) is 5.75 Å². The van der Waals surface area contributed by atoms with Crippen molar-refractivity contribution in [3.63, 3.8) is 0 Å². The van der Waals surface area contributed by atoms with Crippen LogP contribution >= 0.6 is 11.6 Å². The molecule has 1 aliphatic heterocycles. The molecule has 1 saturated heterocycles. The molecule has 0 spiro atoms. The molecule has 0 bridgehead atoms. The lowest BCUT2D eigenvalue weighted by atomic mass is 10.3. The Morgan fingerprint density at radius 1 is 1.33 bits per heavy atom. The standard InChI is InChI=1S/C14H21ClN2O/c1-18-14-11-12(5-6-13(14)15)16-7-4-10-17-8-2-3-9-17/h5-6,11,16H,2-4,7-10H2,1H3. The van der Waals surface area contributed by atoms with Gasteiger partial charge in [0, 0.05) is 18.3 Å². The molecule has 0 radical (unpaired) electrons. The maximum Gasteiger partial charge on any atom is 0.139 e. The van der Waals surface area contributed by atoms with Crippen molar-refractivity contribution in [2.24, 2.45) is 0 Å². The average molecular weight is 269 g/mol. The maximum atomic E-state index is 5.98. The molecule has 0 amide bonds. The van der Waals surface area contributed by atoms with Crippen molar-refractivity contribution in [2.45, 2.75) is 19.3 Å². The van der Waals surface area contributed by atoms with Crippen LogP contribution in [0.1, 0.15) is 19.3 Å². The molecule has 0 saturated carbocycles. The normalized spacial score (nSPS) is 15.9. The van der Waals surface area contributed by atoms with Gasteiger partial charge in [0.1, 0.15) is 5.75 Å². The van der Waals surface area contributed by atoms with Gasteiger partial charge in [0.15, 0.2) is 0 Å². The molecule has 1 heterocycles. The van der Waals surface area contributed by atoms with E-state index in [1.807, 2.05) is 18.2 Å². The number of hydrogen-bond acceptors (Lipinski definition) is 3. The van der Waals surface area contributed by atoms with Crippen molar-refractivity contribution >= 4 is 17.3 Å². The molecule has 0 aliphatic carbocycles. The quantitative estimate of drug-likeness (QED) is 0.802. The summed E-state index contributed by atoms with van der Waals surface area (Å²) in [6, 6.07) is 5.79. The molecule has 18 heavy (non-hydrogen) atoms. The van der Waals surface area contributed by atoms with Crippen molar-refractivity contribution < 1.29 is 4.74 Å². The molecular weight excluding hydrogens is 248 g/mol. The van der Waals surface area contributed by atoms with E-state index in [1.165, 1.54) is 38.9 Å². The van der Waals surface area contributed by atoms with Crippen LogP contribution in [0.15, 0.2) is 18.2 Å². The van der Waals surface area contributed by atoms with E-state index in [1.54, 1.807) is 7.11 Å². The SMILES string of the molecule is COc1cc(NCCCN2CCCC2)ccc1Cl. The highest BCUT2D eigenvalue weighted by atomic mass is 35.5. The predicted molar refractivity (Wildman–Crippen MR) is 76.8 cm³/mol. The molecule has 1 fully saturated rings. The molecular formula is C14H21ClN2O. The zero-order valence-electron chi connectivity index (χ0n) is 10.9. The Labute approximate surface area is 114 Å². The van der Waals surface area contributed by atoms with Gasteiger partial charge < -0.3 is 15.0 Å². The minimum Gasteiger partial charge on any atom is -0.495 e. The number of rotatable bonds is 6. The third kappa shape index (κ3) is 3.79. The van der Waals surface area contributed by atoms with Gasteiger partial charge in [-0.05, 0) is 51.0 Å². The van der Waals surface area contributed by atoms with E-state index in [4.69, 9.17) is 16.3 Å². The second-order valence-electron chi connectivity index (χ2n) is 4.68. The number of likely N-dealkylation sites (tertiary alicyclic amines) is 1. The highest BCUT2D eigenvalue weighted by Crippen LogP contribution is 2.27. The summed E-state index contributed by atoms with van der Waals surface area (Å²) in [4.78, 5) is 2.53. The Bertz CT molecular complexity index is 378. The van der Waals surface area contributed by atoms with E-state index >= 15 is 0 Å². The summed E-state index contributed by atoms with van der Waals surface area (Å²) in [6.45, 7) is 4.72. The number of hydrogen-bond donors (Lipinski definition) is 1. The average Bonchev–Trinajstić information content (AvgIpc) is 2.89. The monoisotopic (exact) mass is 268 g/mol. The lowest BCUT2D eigenvalue weighted by Crippen LogP contribution is -2.22. The first-order valence-electron chi connectivity index (χ1n) is 6.59. The lowest BCUT2D eigenvalue weighted by molar-refractivity contribution is 0.337. The van der Waals surface area contributed by atoms with E-state index in [-0.39, 0.29) is 0 Å². The molecule has 100 valence electrons. The van der Waals surface area contributed by atoms with Crippen molar-refractivity contribution in [2.75, 3.05) is 38.6 Å².